The number of methoxy groups -OCH3 is 1. The molecular weight excluding hydrogens is 356 g/mol. The smallest absolute Gasteiger partial charge is 0.227 e. The number of halogens is 3. The van der Waals surface area contributed by atoms with E-state index < -0.39 is 17.6 Å². The Balaban J connectivity index is 0.00000312. The lowest BCUT2D eigenvalue weighted by atomic mass is 10.1. The summed E-state index contributed by atoms with van der Waals surface area (Å²) in [7, 11) is 1.61. The normalized spacial score (nSPS) is 16.7. The van der Waals surface area contributed by atoms with Crippen molar-refractivity contribution in [1.82, 2.24) is 10.6 Å². The van der Waals surface area contributed by atoms with Crippen molar-refractivity contribution in [3.8, 4) is 0 Å². The van der Waals surface area contributed by atoms with Crippen LogP contribution < -0.4 is 15.5 Å². The molecule has 1 saturated heterocycles. The van der Waals surface area contributed by atoms with Gasteiger partial charge in [-0.2, -0.15) is 0 Å². The molecule has 0 aliphatic carbocycles. The minimum Gasteiger partial charge on any atom is -0.383 e. The number of nitrogens with zero attached hydrogens (tertiary/aromatic N) is 1. The van der Waals surface area contributed by atoms with Gasteiger partial charge in [-0.25, -0.2) is 8.78 Å². The number of rotatable bonds is 8. The molecule has 0 bridgehead atoms. The molecule has 0 radical (unpaired) electrons. The Morgan fingerprint density at radius 2 is 2.08 bits per heavy atom. The largest absolute Gasteiger partial charge is 0.383 e. The van der Waals surface area contributed by atoms with Gasteiger partial charge < -0.3 is 20.3 Å². The Bertz CT molecular complexity index is 604. The van der Waals surface area contributed by atoms with E-state index in [9.17, 15) is 18.4 Å². The van der Waals surface area contributed by atoms with Crippen molar-refractivity contribution in [3.63, 3.8) is 0 Å². The Morgan fingerprint density at radius 1 is 1.32 bits per heavy atom. The first-order valence-electron chi connectivity index (χ1n) is 7.75. The van der Waals surface area contributed by atoms with Gasteiger partial charge in [-0.15, -0.1) is 12.4 Å². The third-order valence-electron chi connectivity index (χ3n) is 3.78. The predicted octanol–water partition coefficient (Wildman–Crippen LogP) is 1.09. The zero-order valence-electron chi connectivity index (χ0n) is 13.9. The van der Waals surface area contributed by atoms with Crippen LogP contribution in [0.2, 0.25) is 0 Å². The van der Waals surface area contributed by atoms with Gasteiger partial charge in [-0.05, 0) is 12.1 Å². The van der Waals surface area contributed by atoms with Crippen molar-refractivity contribution >= 4 is 29.9 Å². The van der Waals surface area contributed by atoms with Crippen LogP contribution in [0.15, 0.2) is 18.2 Å². The van der Waals surface area contributed by atoms with E-state index in [0.29, 0.717) is 26.2 Å². The lowest BCUT2D eigenvalue weighted by Crippen LogP contribution is -2.37. The number of hydrogen-bond acceptors (Lipinski definition) is 4. The number of anilines is 1. The standard InChI is InChI=1S/C16H21F2N3O3.ClH/c1-24-7-6-19-4-5-20-16(23)11-8-15(22)21(10-11)14-3-2-12(17)9-13(14)18;/h2-3,9,11,19H,4-8,10H2,1H3,(H,20,23);1H. The molecule has 2 rings (SSSR count). The summed E-state index contributed by atoms with van der Waals surface area (Å²) in [4.78, 5) is 25.3. The first kappa shape index (κ1) is 21.3. The quantitative estimate of drug-likeness (QED) is 0.665. The van der Waals surface area contributed by atoms with Crippen molar-refractivity contribution in [2.45, 2.75) is 6.42 Å². The van der Waals surface area contributed by atoms with E-state index in [1.54, 1.807) is 7.11 Å². The first-order valence-corrected chi connectivity index (χ1v) is 7.75. The molecular formula is C16H22ClF2N3O3. The van der Waals surface area contributed by atoms with Gasteiger partial charge in [0.1, 0.15) is 11.6 Å². The van der Waals surface area contributed by atoms with E-state index in [2.05, 4.69) is 10.6 Å². The zero-order chi connectivity index (χ0) is 17.5. The number of hydrogen-bond donors (Lipinski definition) is 2. The van der Waals surface area contributed by atoms with E-state index in [4.69, 9.17) is 4.74 Å². The first-order chi connectivity index (χ1) is 11.5. The molecule has 2 N–H and O–H groups in total. The van der Waals surface area contributed by atoms with Crippen LogP contribution >= 0.6 is 12.4 Å². The SMILES string of the molecule is COCCNCCNC(=O)C1CC(=O)N(c2ccc(F)cc2F)C1.Cl. The average Bonchev–Trinajstić information content (AvgIpc) is 2.92. The summed E-state index contributed by atoms with van der Waals surface area (Å²) < 4.78 is 31.7. The molecule has 6 nitrogen and oxygen atoms in total. The molecule has 0 spiro atoms. The Morgan fingerprint density at radius 3 is 2.76 bits per heavy atom. The number of nitrogens with one attached hydrogen (secondary N) is 2. The van der Waals surface area contributed by atoms with Crippen LogP contribution in [-0.2, 0) is 14.3 Å². The summed E-state index contributed by atoms with van der Waals surface area (Å²) in [6, 6.07) is 3.02. The zero-order valence-corrected chi connectivity index (χ0v) is 14.7. The summed E-state index contributed by atoms with van der Waals surface area (Å²) in [5, 5.41) is 5.83. The van der Waals surface area contributed by atoms with Crippen LogP contribution in [0, 0.1) is 17.6 Å². The molecule has 0 saturated carbocycles. The van der Waals surface area contributed by atoms with Gasteiger partial charge in [0.05, 0.1) is 18.2 Å². The van der Waals surface area contributed by atoms with Gasteiger partial charge in [0.2, 0.25) is 11.8 Å². The molecule has 140 valence electrons. The molecule has 25 heavy (non-hydrogen) atoms. The summed E-state index contributed by atoms with van der Waals surface area (Å²) in [6.45, 7) is 2.38. The molecule has 2 amide bonds. The summed E-state index contributed by atoms with van der Waals surface area (Å²) in [5.74, 6) is -2.66. The Labute approximate surface area is 151 Å². The highest BCUT2D eigenvalue weighted by Crippen LogP contribution is 2.27. The maximum Gasteiger partial charge on any atom is 0.227 e. The van der Waals surface area contributed by atoms with Gasteiger partial charge in [0, 0.05) is 45.8 Å². The number of amides is 2. The lowest BCUT2D eigenvalue weighted by Gasteiger charge is -2.17. The third-order valence-corrected chi connectivity index (χ3v) is 3.78. The van der Waals surface area contributed by atoms with Crippen LogP contribution in [0.25, 0.3) is 0 Å². The van der Waals surface area contributed by atoms with Crippen molar-refractivity contribution in [1.29, 1.82) is 0 Å². The van der Waals surface area contributed by atoms with Crippen molar-refractivity contribution in [3.05, 3.63) is 29.8 Å². The fourth-order valence-electron chi connectivity index (χ4n) is 2.53. The molecule has 1 unspecified atom stereocenters. The highest BCUT2D eigenvalue weighted by molar-refractivity contribution is 6.00. The van der Waals surface area contributed by atoms with Gasteiger partial charge >= 0.3 is 0 Å². The van der Waals surface area contributed by atoms with Gasteiger partial charge in [0.25, 0.3) is 0 Å². The lowest BCUT2D eigenvalue weighted by molar-refractivity contribution is -0.126. The monoisotopic (exact) mass is 377 g/mol. The maximum absolute atomic E-state index is 13.8. The van der Waals surface area contributed by atoms with E-state index >= 15 is 0 Å². The molecule has 1 aromatic rings. The molecule has 1 atom stereocenters. The Kier molecular flexibility index (Phi) is 8.74. The van der Waals surface area contributed by atoms with Crippen LogP contribution in [0.4, 0.5) is 14.5 Å². The topological polar surface area (TPSA) is 70.7 Å². The van der Waals surface area contributed by atoms with E-state index in [1.165, 1.54) is 11.0 Å². The highest BCUT2D eigenvalue weighted by atomic mass is 35.5. The number of carbonyl (C=O) groups excluding carboxylic acids is 2. The molecule has 1 aliphatic rings. The Hall–Kier alpha value is -1.77. The maximum atomic E-state index is 13.8. The molecule has 1 aromatic carbocycles. The second-order valence-corrected chi connectivity index (χ2v) is 5.53. The number of carbonyl (C=O) groups is 2. The van der Waals surface area contributed by atoms with E-state index in [1.807, 2.05) is 0 Å². The molecule has 0 aromatic heterocycles. The minimum atomic E-state index is -0.813. The molecule has 9 heteroatoms. The van der Waals surface area contributed by atoms with E-state index in [0.717, 1.165) is 12.1 Å². The molecule has 1 aliphatic heterocycles. The van der Waals surface area contributed by atoms with Gasteiger partial charge in [-0.3, -0.25) is 9.59 Å². The molecule has 1 fully saturated rings. The number of ether oxygens (including phenoxy) is 1. The molecule has 1 heterocycles. The van der Waals surface area contributed by atoms with Crippen LogP contribution in [-0.4, -0.2) is 51.7 Å². The fourth-order valence-corrected chi connectivity index (χ4v) is 2.53. The van der Waals surface area contributed by atoms with Gasteiger partial charge in [0.15, 0.2) is 0 Å². The second-order valence-electron chi connectivity index (χ2n) is 5.53. The summed E-state index contributed by atoms with van der Waals surface area (Å²) in [6.07, 6.45) is 0.0136. The summed E-state index contributed by atoms with van der Waals surface area (Å²) in [5.41, 5.74) is -0.00191. The summed E-state index contributed by atoms with van der Waals surface area (Å²) >= 11 is 0. The predicted molar refractivity (Wildman–Crippen MR) is 91.8 cm³/mol. The van der Waals surface area contributed by atoms with Crippen LogP contribution in [0.5, 0.6) is 0 Å². The average molecular weight is 378 g/mol. The minimum absolute atomic E-state index is 0. The van der Waals surface area contributed by atoms with Crippen molar-refractivity contribution in [2.24, 2.45) is 5.92 Å². The number of benzene rings is 1. The second kappa shape index (κ2) is 10.3. The fraction of sp³-hybridized carbons (Fsp3) is 0.500. The van der Waals surface area contributed by atoms with Gasteiger partial charge in [-0.1, -0.05) is 0 Å². The van der Waals surface area contributed by atoms with Crippen molar-refractivity contribution in [2.75, 3.05) is 44.8 Å². The van der Waals surface area contributed by atoms with Crippen LogP contribution in [0.1, 0.15) is 6.42 Å². The van der Waals surface area contributed by atoms with E-state index in [-0.39, 0.29) is 42.9 Å². The third kappa shape index (κ3) is 5.91. The van der Waals surface area contributed by atoms with Crippen LogP contribution in [0.3, 0.4) is 0 Å². The van der Waals surface area contributed by atoms with Crippen molar-refractivity contribution < 1.29 is 23.1 Å². The highest BCUT2D eigenvalue weighted by Gasteiger charge is 2.36.